The quantitative estimate of drug-likeness (QED) is 0.842. The number of pyridine rings is 1. The summed E-state index contributed by atoms with van der Waals surface area (Å²) in [7, 11) is 0. The van der Waals surface area contributed by atoms with Crippen LogP contribution in [0.15, 0.2) is 48.8 Å². The second-order valence-electron chi connectivity index (χ2n) is 8.68. The number of benzene rings is 1. The molecule has 2 aromatic rings. The number of aromatic nitrogens is 1. The highest BCUT2D eigenvalue weighted by Gasteiger charge is 2.44. The molecule has 1 atom stereocenters. The molecule has 6 heteroatoms. The van der Waals surface area contributed by atoms with Crippen LogP contribution in [-0.2, 0) is 4.79 Å². The van der Waals surface area contributed by atoms with E-state index in [4.69, 9.17) is 4.74 Å². The number of nitrogens with zero attached hydrogens (tertiary/aromatic N) is 2. The topological polar surface area (TPSA) is 71.5 Å². The van der Waals surface area contributed by atoms with Gasteiger partial charge in [-0.2, -0.15) is 0 Å². The van der Waals surface area contributed by atoms with Gasteiger partial charge in [-0.05, 0) is 44.0 Å². The van der Waals surface area contributed by atoms with Crippen LogP contribution in [0.1, 0.15) is 61.4 Å². The molecule has 1 N–H and O–H groups in total. The van der Waals surface area contributed by atoms with Crippen LogP contribution in [-0.4, -0.2) is 46.4 Å². The van der Waals surface area contributed by atoms with Crippen molar-refractivity contribution in [2.24, 2.45) is 0 Å². The van der Waals surface area contributed by atoms with Crippen LogP contribution in [0.5, 0.6) is 5.75 Å². The molecule has 6 nitrogen and oxygen atoms in total. The molecule has 1 aromatic heterocycles. The molecule has 0 radical (unpaired) electrons. The number of para-hydroxylation sites is 1. The molecule has 1 saturated heterocycles. The lowest BCUT2D eigenvalue weighted by atomic mass is 9.76. The van der Waals surface area contributed by atoms with Crippen molar-refractivity contribution >= 4 is 11.8 Å². The molecule has 4 rings (SSSR count). The van der Waals surface area contributed by atoms with E-state index >= 15 is 0 Å². The number of piperidine rings is 1. The summed E-state index contributed by atoms with van der Waals surface area (Å²) in [6.45, 7) is 5.24. The van der Waals surface area contributed by atoms with Gasteiger partial charge in [0.05, 0.1) is 5.56 Å². The van der Waals surface area contributed by atoms with Crippen molar-refractivity contribution in [3.05, 3.63) is 59.9 Å². The summed E-state index contributed by atoms with van der Waals surface area (Å²) in [5, 5.41) is 3.01. The van der Waals surface area contributed by atoms with Gasteiger partial charge in [0.2, 0.25) is 5.91 Å². The molecule has 0 unspecified atom stereocenters. The Bertz CT molecular complexity index is 905. The van der Waals surface area contributed by atoms with Gasteiger partial charge in [0.1, 0.15) is 11.4 Å². The van der Waals surface area contributed by atoms with E-state index in [0.29, 0.717) is 25.1 Å². The Labute approximate surface area is 177 Å². The molecular formula is C24H29N3O3. The minimum absolute atomic E-state index is 0.0158. The molecule has 1 fully saturated rings. The average molecular weight is 408 g/mol. The number of rotatable bonds is 4. The normalized spacial score (nSPS) is 19.8. The molecule has 2 aliphatic rings. The summed E-state index contributed by atoms with van der Waals surface area (Å²) in [4.78, 5) is 31.2. The summed E-state index contributed by atoms with van der Waals surface area (Å²) in [5.74, 6) is 1.08. The Balaban J connectivity index is 1.48. The van der Waals surface area contributed by atoms with Gasteiger partial charge >= 0.3 is 0 Å². The minimum atomic E-state index is -0.331. The molecule has 0 saturated carbocycles. The molecule has 2 amide bonds. The van der Waals surface area contributed by atoms with Gasteiger partial charge in [-0.1, -0.05) is 18.2 Å². The lowest BCUT2D eigenvalue weighted by Gasteiger charge is -2.47. The monoisotopic (exact) mass is 407 g/mol. The van der Waals surface area contributed by atoms with Crippen LogP contribution in [0.25, 0.3) is 0 Å². The number of carbonyl (C=O) groups excluding carboxylic acids is 2. The van der Waals surface area contributed by atoms with Gasteiger partial charge in [0.25, 0.3) is 5.91 Å². The Kier molecular flexibility index (Phi) is 5.75. The molecule has 2 aliphatic heterocycles. The summed E-state index contributed by atoms with van der Waals surface area (Å²) in [6, 6.07) is 11.8. The van der Waals surface area contributed by atoms with Crippen LogP contribution in [0.4, 0.5) is 0 Å². The third kappa shape index (κ3) is 4.32. The number of likely N-dealkylation sites (tertiary alicyclic amines) is 1. The lowest BCUT2D eigenvalue weighted by molar-refractivity contribution is -0.122. The van der Waals surface area contributed by atoms with Gasteiger partial charge in [-0.25, -0.2) is 0 Å². The molecule has 1 aromatic carbocycles. The Morgan fingerprint density at radius 1 is 1.20 bits per heavy atom. The van der Waals surface area contributed by atoms with Crippen molar-refractivity contribution < 1.29 is 14.3 Å². The second-order valence-corrected chi connectivity index (χ2v) is 8.68. The third-order valence-corrected chi connectivity index (χ3v) is 6.06. The summed E-state index contributed by atoms with van der Waals surface area (Å²) in [6.07, 6.45) is 6.06. The maximum Gasteiger partial charge on any atom is 0.255 e. The zero-order valence-electron chi connectivity index (χ0n) is 17.6. The zero-order chi connectivity index (χ0) is 21.1. The molecular weight excluding hydrogens is 378 g/mol. The van der Waals surface area contributed by atoms with Crippen molar-refractivity contribution in [2.75, 3.05) is 13.1 Å². The largest absolute Gasteiger partial charge is 0.487 e. The fourth-order valence-corrected chi connectivity index (χ4v) is 4.63. The van der Waals surface area contributed by atoms with E-state index in [1.165, 1.54) is 0 Å². The first kappa shape index (κ1) is 20.4. The van der Waals surface area contributed by atoms with E-state index in [1.807, 2.05) is 36.9 Å². The maximum atomic E-state index is 12.8. The maximum absolute atomic E-state index is 12.8. The Morgan fingerprint density at radius 2 is 1.97 bits per heavy atom. The number of fused-ring (bicyclic) bond motifs is 1. The Hall–Kier alpha value is -2.89. The first-order chi connectivity index (χ1) is 14.5. The van der Waals surface area contributed by atoms with Gasteiger partial charge in [-0.3, -0.25) is 14.6 Å². The molecule has 3 heterocycles. The van der Waals surface area contributed by atoms with Crippen LogP contribution in [0.2, 0.25) is 0 Å². The highest BCUT2D eigenvalue weighted by atomic mass is 16.5. The average Bonchev–Trinajstić information content (AvgIpc) is 2.74. The van der Waals surface area contributed by atoms with Gasteiger partial charge in [0, 0.05) is 56.7 Å². The number of carbonyl (C=O) groups is 2. The van der Waals surface area contributed by atoms with E-state index in [1.54, 1.807) is 24.5 Å². The smallest absolute Gasteiger partial charge is 0.255 e. The minimum Gasteiger partial charge on any atom is -0.487 e. The summed E-state index contributed by atoms with van der Waals surface area (Å²) in [5.41, 5.74) is 1.39. The predicted octanol–water partition coefficient (Wildman–Crippen LogP) is 3.54. The highest BCUT2D eigenvalue weighted by molar-refractivity contribution is 5.93. The lowest BCUT2D eigenvalue weighted by Crippen LogP contribution is -2.52. The number of ether oxygens (including phenoxy) is 1. The van der Waals surface area contributed by atoms with E-state index < -0.39 is 0 Å². The van der Waals surface area contributed by atoms with Crippen LogP contribution < -0.4 is 10.1 Å². The van der Waals surface area contributed by atoms with E-state index in [-0.39, 0.29) is 29.4 Å². The van der Waals surface area contributed by atoms with E-state index in [9.17, 15) is 9.59 Å². The first-order valence-corrected chi connectivity index (χ1v) is 10.7. The summed E-state index contributed by atoms with van der Waals surface area (Å²) >= 11 is 0. The van der Waals surface area contributed by atoms with Crippen LogP contribution in [0.3, 0.4) is 0 Å². The molecule has 158 valence electrons. The standard InChI is InChI=1S/C24H29N3O3/c1-17(2)26-22(28)14-19-15-24(30-21-8-4-3-7-20(19)21)9-12-27(13-10-24)23(29)18-6-5-11-25-16-18/h3-8,11,16-17,19H,9-10,12-15H2,1-2H3,(H,26,28)/t19-/m0/s1. The van der Waals surface area contributed by atoms with E-state index in [0.717, 1.165) is 30.6 Å². The van der Waals surface area contributed by atoms with Gasteiger partial charge in [-0.15, -0.1) is 0 Å². The van der Waals surface area contributed by atoms with Crippen LogP contribution in [0, 0.1) is 0 Å². The third-order valence-electron chi connectivity index (χ3n) is 6.06. The second kappa shape index (κ2) is 8.46. The number of nitrogens with one attached hydrogen (secondary N) is 1. The first-order valence-electron chi connectivity index (χ1n) is 10.7. The molecule has 1 spiro atoms. The fraction of sp³-hybridized carbons (Fsp3) is 0.458. The fourth-order valence-electron chi connectivity index (χ4n) is 4.63. The molecule has 0 aliphatic carbocycles. The van der Waals surface area contributed by atoms with Crippen molar-refractivity contribution in [3.8, 4) is 5.75 Å². The zero-order valence-corrected chi connectivity index (χ0v) is 17.6. The van der Waals surface area contributed by atoms with E-state index in [2.05, 4.69) is 16.4 Å². The van der Waals surface area contributed by atoms with Gasteiger partial charge in [0.15, 0.2) is 0 Å². The molecule has 0 bridgehead atoms. The number of hydrogen-bond donors (Lipinski definition) is 1. The van der Waals surface area contributed by atoms with Crippen LogP contribution >= 0.6 is 0 Å². The van der Waals surface area contributed by atoms with Crippen molar-refractivity contribution in [1.82, 2.24) is 15.2 Å². The predicted molar refractivity (Wildman–Crippen MR) is 114 cm³/mol. The van der Waals surface area contributed by atoms with Crippen molar-refractivity contribution in [2.45, 2.75) is 57.1 Å². The Morgan fingerprint density at radius 3 is 2.67 bits per heavy atom. The van der Waals surface area contributed by atoms with Gasteiger partial charge < -0.3 is 15.0 Å². The highest BCUT2D eigenvalue weighted by Crippen LogP contribution is 2.46. The number of hydrogen-bond acceptors (Lipinski definition) is 4. The molecule has 30 heavy (non-hydrogen) atoms. The SMILES string of the molecule is CC(C)NC(=O)C[C@H]1CC2(CCN(C(=O)c3cccnc3)CC2)Oc2ccccc21. The van der Waals surface area contributed by atoms with Crippen molar-refractivity contribution in [3.63, 3.8) is 0 Å². The number of amides is 2. The summed E-state index contributed by atoms with van der Waals surface area (Å²) < 4.78 is 6.51. The van der Waals surface area contributed by atoms with Crippen molar-refractivity contribution in [1.29, 1.82) is 0 Å².